The van der Waals surface area contributed by atoms with Gasteiger partial charge in [-0.1, -0.05) is 85.3 Å². The summed E-state index contributed by atoms with van der Waals surface area (Å²) >= 11 is 0. The molecule has 3 aromatic rings. The summed E-state index contributed by atoms with van der Waals surface area (Å²) in [5, 5.41) is 0. The molecule has 3 aromatic carbocycles. The molecular weight excluding hydrogens is 431 g/mol. The van der Waals surface area contributed by atoms with E-state index in [2.05, 4.69) is 70.5 Å². The summed E-state index contributed by atoms with van der Waals surface area (Å²) in [5.74, 6) is -0.0770. The molecule has 0 bridgehead atoms. The van der Waals surface area contributed by atoms with E-state index in [1.807, 2.05) is 12.1 Å². The van der Waals surface area contributed by atoms with Crippen LogP contribution in [0, 0.1) is 11.2 Å². The van der Waals surface area contributed by atoms with Gasteiger partial charge in [-0.05, 0) is 61.1 Å². The molecule has 0 aromatic heterocycles. The standard InChI is InChI=1S/C32H39FN2/c33-31-16-8-7-14-29(31)26-34-20-22-35(23-21-34)30-15-9-18-32(19-17-30,24-27-10-3-1-4-11-27)25-28-12-5-2-6-13-28/h1-8,10-14,16,30H,9,15,17-26H2. The van der Waals surface area contributed by atoms with Crippen LogP contribution in [-0.4, -0.2) is 42.0 Å². The molecule has 2 fully saturated rings. The second kappa shape index (κ2) is 11.5. The van der Waals surface area contributed by atoms with E-state index in [1.165, 1.54) is 56.1 Å². The van der Waals surface area contributed by atoms with Crippen LogP contribution in [0.1, 0.15) is 48.8 Å². The molecule has 184 valence electrons. The zero-order chi connectivity index (χ0) is 23.9. The highest BCUT2D eigenvalue weighted by Gasteiger charge is 2.35. The van der Waals surface area contributed by atoms with Crippen molar-refractivity contribution in [3.05, 3.63) is 107 Å². The molecule has 35 heavy (non-hydrogen) atoms. The third kappa shape index (κ3) is 6.39. The van der Waals surface area contributed by atoms with Gasteiger partial charge in [0.2, 0.25) is 0 Å². The Morgan fingerprint density at radius 1 is 0.686 bits per heavy atom. The van der Waals surface area contributed by atoms with Crippen molar-refractivity contribution >= 4 is 0 Å². The highest BCUT2D eigenvalue weighted by atomic mass is 19.1. The molecule has 1 unspecified atom stereocenters. The normalized spacial score (nSPS) is 21.5. The van der Waals surface area contributed by atoms with Crippen LogP contribution in [0.4, 0.5) is 4.39 Å². The Morgan fingerprint density at radius 2 is 1.29 bits per heavy atom. The lowest BCUT2D eigenvalue weighted by atomic mass is 9.71. The minimum Gasteiger partial charge on any atom is -0.298 e. The second-order valence-electron chi connectivity index (χ2n) is 10.8. The van der Waals surface area contributed by atoms with Crippen LogP contribution >= 0.6 is 0 Å². The van der Waals surface area contributed by atoms with Crippen molar-refractivity contribution in [2.24, 2.45) is 5.41 Å². The molecule has 1 aliphatic carbocycles. The van der Waals surface area contributed by atoms with E-state index < -0.39 is 0 Å². The molecule has 3 heteroatoms. The Morgan fingerprint density at radius 3 is 1.91 bits per heavy atom. The fourth-order valence-electron chi connectivity index (χ4n) is 6.45. The zero-order valence-electron chi connectivity index (χ0n) is 20.9. The highest BCUT2D eigenvalue weighted by Crippen LogP contribution is 2.42. The molecule has 2 nitrogen and oxygen atoms in total. The van der Waals surface area contributed by atoms with Gasteiger partial charge in [-0.25, -0.2) is 4.39 Å². The SMILES string of the molecule is Fc1ccccc1CN1CCN(C2CCCC(Cc3ccccc3)(Cc3ccccc3)CC2)CC1. The molecule has 1 saturated heterocycles. The lowest BCUT2D eigenvalue weighted by Gasteiger charge is -2.39. The number of hydrogen-bond acceptors (Lipinski definition) is 2. The van der Waals surface area contributed by atoms with Crippen LogP contribution in [-0.2, 0) is 19.4 Å². The fraction of sp³-hybridized carbons (Fsp3) is 0.438. The predicted octanol–water partition coefficient (Wildman–Crippen LogP) is 6.75. The van der Waals surface area contributed by atoms with Crippen LogP contribution in [0.25, 0.3) is 0 Å². The van der Waals surface area contributed by atoms with Gasteiger partial charge in [0.05, 0.1) is 0 Å². The third-order valence-corrected chi connectivity index (χ3v) is 8.37. The topological polar surface area (TPSA) is 6.48 Å². The van der Waals surface area contributed by atoms with Gasteiger partial charge in [0.25, 0.3) is 0 Å². The maximum Gasteiger partial charge on any atom is 0.127 e. The number of halogens is 1. The lowest BCUT2D eigenvalue weighted by Crippen LogP contribution is -2.50. The monoisotopic (exact) mass is 470 g/mol. The van der Waals surface area contributed by atoms with Gasteiger partial charge in [-0.2, -0.15) is 0 Å². The summed E-state index contributed by atoms with van der Waals surface area (Å²) in [6, 6.07) is 30.1. The largest absolute Gasteiger partial charge is 0.298 e. The van der Waals surface area contributed by atoms with Crippen molar-refractivity contribution in [2.45, 2.75) is 57.5 Å². The van der Waals surface area contributed by atoms with Gasteiger partial charge < -0.3 is 0 Å². The Labute approximate surface area is 210 Å². The maximum atomic E-state index is 14.1. The van der Waals surface area contributed by atoms with Gasteiger partial charge in [-0.15, -0.1) is 0 Å². The number of rotatable bonds is 7. The predicted molar refractivity (Wildman–Crippen MR) is 143 cm³/mol. The quantitative estimate of drug-likeness (QED) is 0.353. The molecule has 0 N–H and O–H groups in total. The Balaban J connectivity index is 1.22. The van der Waals surface area contributed by atoms with E-state index in [1.54, 1.807) is 12.1 Å². The summed E-state index contributed by atoms with van der Waals surface area (Å²) < 4.78 is 14.1. The van der Waals surface area contributed by atoms with E-state index in [0.717, 1.165) is 38.3 Å². The molecule has 0 spiro atoms. The van der Waals surface area contributed by atoms with Gasteiger partial charge in [0.1, 0.15) is 5.82 Å². The zero-order valence-corrected chi connectivity index (χ0v) is 20.9. The second-order valence-corrected chi connectivity index (χ2v) is 10.8. The number of hydrogen-bond donors (Lipinski definition) is 0. The van der Waals surface area contributed by atoms with Gasteiger partial charge in [0, 0.05) is 44.3 Å². The molecular formula is C32H39FN2. The van der Waals surface area contributed by atoms with Crippen LogP contribution in [0.15, 0.2) is 84.9 Å². The van der Waals surface area contributed by atoms with Gasteiger partial charge in [-0.3, -0.25) is 9.80 Å². The molecule has 0 amide bonds. The smallest absolute Gasteiger partial charge is 0.127 e. The van der Waals surface area contributed by atoms with Crippen LogP contribution in [0.5, 0.6) is 0 Å². The molecule has 1 atom stereocenters. The van der Waals surface area contributed by atoms with Crippen molar-refractivity contribution in [1.82, 2.24) is 9.80 Å². The highest BCUT2D eigenvalue weighted by molar-refractivity contribution is 5.21. The summed E-state index contributed by atoms with van der Waals surface area (Å²) in [5.41, 5.74) is 4.11. The van der Waals surface area contributed by atoms with Crippen LogP contribution in [0.3, 0.4) is 0 Å². The Kier molecular flexibility index (Phi) is 7.95. The number of nitrogens with zero attached hydrogens (tertiary/aromatic N) is 2. The minimum atomic E-state index is -0.0770. The molecule has 0 radical (unpaired) electrons. The first-order valence-electron chi connectivity index (χ1n) is 13.5. The lowest BCUT2D eigenvalue weighted by molar-refractivity contribution is 0.0825. The average Bonchev–Trinajstić information content (AvgIpc) is 3.10. The van der Waals surface area contributed by atoms with E-state index in [9.17, 15) is 4.39 Å². The maximum absolute atomic E-state index is 14.1. The Hall–Kier alpha value is -2.49. The van der Waals surface area contributed by atoms with Crippen molar-refractivity contribution in [1.29, 1.82) is 0 Å². The third-order valence-electron chi connectivity index (χ3n) is 8.37. The minimum absolute atomic E-state index is 0.0770. The van der Waals surface area contributed by atoms with Crippen molar-refractivity contribution < 1.29 is 4.39 Å². The first kappa shape index (κ1) is 24.2. The van der Waals surface area contributed by atoms with Gasteiger partial charge in [0.15, 0.2) is 0 Å². The average molecular weight is 471 g/mol. The first-order chi connectivity index (χ1) is 17.2. The molecule has 1 saturated carbocycles. The molecule has 1 heterocycles. The van der Waals surface area contributed by atoms with Crippen LogP contribution in [0.2, 0.25) is 0 Å². The summed E-state index contributed by atoms with van der Waals surface area (Å²) in [6.45, 7) is 4.99. The molecule has 1 aliphatic heterocycles. The van der Waals surface area contributed by atoms with E-state index >= 15 is 0 Å². The van der Waals surface area contributed by atoms with E-state index in [4.69, 9.17) is 0 Å². The number of piperazine rings is 1. The summed E-state index contributed by atoms with van der Waals surface area (Å²) in [7, 11) is 0. The molecule has 2 aliphatic rings. The van der Waals surface area contributed by atoms with Gasteiger partial charge >= 0.3 is 0 Å². The Bertz CT molecular complexity index is 1000. The van der Waals surface area contributed by atoms with Crippen molar-refractivity contribution in [3.8, 4) is 0 Å². The fourth-order valence-corrected chi connectivity index (χ4v) is 6.45. The first-order valence-corrected chi connectivity index (χ1v) is 13.5. The van der Waals surface area contributed by atoms with E-state index in [0.29, 0.717) is 11.5 Å². The number of benzene rings is 3. The van der Waals surface area contributed by atoms with E-state index in [-0.39, 0.29) is 5.82 Å². The summed E-state index contributed by atoms with van der Waals surface area (Å²) in [4.78, 5) is 5.15. The van der Waals surface area contributed by atoms with Crippen molar-refractivity contribution in [2.75, 3.05) is 26.2 Å². The summed E-state index contributed by atoms with van der Waals surface area (Å²) in [6.07, 6.45) is 8.83. The van der Waals surface area contributed by atoms with Crippen molar-refractivity contribution in [3.63, 3.8) is 0 Å². The molecule has 5 rings (SSSR count). The van der Waals surface area contributed by atoms with Crippen LogP contribution < -0.4 is 0 Å².